The van der Waals surface area contributed by atoms with Crippen LogP contribution in [0.25, 0.3) is 0 Å². The molecule has 0 saturated heterocycles. The highest BCUT2D eigenvalue weighted by molar-refractivity contribution is 6.55. The van der Waals surface area contributed by atoms with Crippen molar-refractivity contribution in [3.8, 4) is 5.75 Å². The van der Waals surface area contributed by atoms with E-state index < -0.39 is 10.8 Å². The number of nitro benzene ring substituents is 1. The molecule has 0 atom stereocenters. The maximum absolute atomic E-state index is 10.3. The fraction of sp³-hybridized carbons (Fsp3) is 0. The van der Waals surface area contributed by atoms with E-state index in [9.17, 15) is 14.9 Å². The van der Waals surface area contributed by atoms with E-state index in [2.05, 4.69) is 4.74 Å². The van der Waals surface area contributed by atoms with Gasteiger partial charge in [0.2, 0.25) is 13.7 Å². The molecule has 1 aromatic rings. The normalized spacial score (nSPS) is 9.23. The molecule has 0 heterocycles. The Balaban J connectivity index is 2.81. The summed E-state index contributed by atoms with van der Waals surface area (Å²) in [6.07, 6.45) is 0. The fourth-order valence-corrected chi connectivity index (χ4v) is 0.752. The van der Waals surface area contributed by atoms with Gasteiger partial charge in [-0.1, -0.05) is 0 Å². The second-order valence-electron chi connectivity index (χ2n) is 2.17. The summed E-state index contributed by atoms with van der Waals surface area (Å²) in [5.41, 5.74) is -0.0724. The van der Waals surface area contributed by atoms with Gasteiger partial charge >= 0.3 is 0 Å². The first kappa shape index (κ1) is 9.24. The third kappa shape index (κ3) is 2.59. The molecule has 13 heavy (non-hydrogen) atoms. The Morgan fingerprint density at radius 2 is 1.92 bits per heavy atom. The number of non-ortho nitro benzene ring substituents is 1. The predicted octanol–water partition coefficient (Wildman–Crippen LogP) is 1.26. The lowest BCUT2D eigenvalue weighted by molar-refractivity contribution is -0.384. The summed E-state index contributed by atoms with van der Waals surface area (Å²) in [5, 5.41) is 10.2. The molecule has 1 aromatic carbocycles. The highest BCUT2D eigenvalue weighted by atomic mass is 16.6. The van der Waals surface area contributed by atoms with Crippen LogP contribution in [0.3, 0.4) is 0 Å². The number of benzene rings is 1. The molecule has 64 valence electrons. The van der Waals surface area contributed by atoms with Gasteiger partial charge in [-0.3, -0.25) is 14.9 Å². The molecular weight excluding hydrogens is 173 g/mol. The largest absolute Gasteiger partial charge is 0.436 e. The number of rotatable bonds is 2. The summed E-state index contributed by atoms with van der Waals surface area (Å²) in [5.74, 6) is -0.771. The molecule has 0 aliphatic heterocycles. The van der Waals surface area contributed by atoms with Crippen molar-refractivity contribution >= 4 is 19.4 Å². The number of carbonyl (C=O) groups is 1. The summed E-state index contributed by atoms with van der Waals surface area (Å²) in [7, 11) is 4.73. The first-order chi connectivity index (χ1) is 6.09. The Kier molecular flexibility index (Phi) is 2.64. The third-order valence-electron chi connectivity index (χ3n) is 1.27. The minimum Gasteiger partial charge on any atom is -0.436 e. The van der Waals surface area contributed by atoms with Crippen LogP contribution in [-0.4, -0.2) is 18.6 Å². The predicted molar refractivity (Wildman–Crippen MR) is 44.9 cm³/mol. The van der Waals surface area contributed by atoms with Gasteiger partial charge in [0.15, 0.2) is 0 Å². The van der Waals surface area contributed by atoms with Crippen LogP contribution in [0.1, 0.15) is 0 Å². The lowest BCUT2D eigenvalue weighted by Crippen LogP contribution is -2.03. The number of ether oxygens (including phenoxy) is 1. The lowest BCUT2D eigenvalue weighted by Gasteiger charge is -1.99. The molecule has 6 heteroatoms. The van der Waals surface area contributed by atoms with E-state index in [0.717, 1.165) is 0 Å². The van der Waals surface area contributed by atoms with Gasteiger partial charge in [-0.2, -0.15) is 0 Å². The molecule has 0 amide bonds. The van der Waals surface area contributed by atoms with E-state index >= 15 is 0 Å². The third-order valence-corrected chi connectivity index (χ3v) is 1.27. The van der Waals surface area contributed by atoms with Gasteiger partial charge in [-0.15, -0.1) is 0 Å². The number of hydrogen-bond donors (Lipinski definition) is 0. The Labute approximate surface area is 74.9 Å². The summed E-state index contributed by atoms with van der Waals surface area (Å²) in [6.45, 7) is 0. The summed E-state index contributed by atoms with van der Waals surface area (Å²) >= 11 is 0. The second kappa shape index (κ2) is 3.71. The minimum atomic E-state index is -0.950. The zero-order valence-corrected chi connectivity index (χ0v) is 6.47. The molecule has 5 nitrogen and oxygen atoms in total. The Hall–Kier alpha value is -1.85. The second-order valence-corrected chi connectivity index (χ2v) is 2.17. The number of hydrogen-bond acceptors (Lipinski definition) is 4. The van der Waals surface area contributed by atoms with Crippen LogP contribution < -0.4 is 4.74 Å². The zero-order valence-electron chi connectivity index (χ0n) is 6.47. The lowest BCUT2D eigenvalue weighted by atomic mass is 10.2. The molecule has 0 spiro atoms. The summed E-state index contributed by atoms with van der Waals surface area (Å²) in [4.78, 5) is 19.9. The van der Waals surface area contributed by atoms with Crippen molar-refractivity contribution in [1.82, 2.24) is 0 Å². The molecule has 1 rings (SSSR count). The Bertz CT molecular complexity index is 335. The van der Waals surface area contributed by atoms with Gasteiger partial charge in [0.05, 0.1) is 4.92 Å². The first-order valence-corrected chi connectivity index (χ1v) is 3.31. The Morgan fingerprint density at radius 3 is 2.31 bits per heavy atom. The van der Waals surface area contributed by atoms with Crippen LogP contribution in [0.15, 0.2) is 24.3 Å². The van der Waals surface area contributed by atoms with Gasteiger partial charge in [-0.25, -0.2) is 0 Å². The molecule has 0 fully saturated rings. The van der Waals surface area contributed by atoms with E-state index in [1.54, 1.807) is 0 Å². The van der Waals surface area contributed by atoms with Crippen molar-refractivity contribution in [2.45, 2.75) is 0 Å². The van der Waals surface area contributed by atoms with Crippen molar-refractivity contribution < 1.29 is 14.5 Å². The molecule has 0 saturated carbocycles. The SMILES string of the molecule is [B]C(=O)Oc1ccc([N+](=O)[O-])cc1. The zero-order chi connectivity index (χ0) is 9.84. The molecule has 0 bridgehead atoms. The first-order valence-electron chi connectivity index (χ1n) is 3.31. The monoisotopic (exact) mass is 177 g/mol. The molecule has 0 aliphatic carbocycles. The average molecular weight is 177 g/mol. The van der Waals surface area contributed by atoms with E-state index in [1.165, 1.54) is 24.3 Å². The van der Waals surface area contributed by atoms with Gasteiger partial charge < -0.3 is 4.74 Å². The average Bonchev–Trinajstić information content (AvgIpc) is 2.04. The van der Waals surface area contributed by atoms with Crippen LogP contribution in [0.4, 0.5) is 10.5 Å². The fourth-order valence-electron chi connectivity index (χ4n) is 0.752. The Morgan fingerprint density at radius 1 is 1.38 bits per heavy atom. The molecule has 0 aliphatic rings. The standard InChI is InChI=1S/C7H4BNO4/c8-7(10)13-6-3-1-5(2-4-6)9(11)12/h1-4H. The highest BCUT2D eigenvalue weighted by Crippen LogP contribution is 2.16. The van der Waals surface area contributed by atoms with Gasteiger partial charge in [0.1, 0.15) is 5.75 Å². The van der Waals surface area contributed by atoms with Gasteiger partial charge in [0, 0.05) is 12.1 Å². The number of carbonyl (C=O) groups excluding carboxylic acids is 1. The quantitative estimate of drug-likeness (QED) is 0.387. The molecule has 0 unspecified atom stereocenters. The van der Waals surface area contributed by atoms with E-state index in [0.29, 0.717) is 0 Å². The van der Waals surface area contributed by atoms with Gasteiger partial charge in [-0.05, 0) is 12.1 Å². The maximum atomic E-state index is 10.3. The van der Waals surface area contributed by atoms with Crippen molar-refractivity contribution in [2.24, 2.45) is 0 Å². The van der Waals surface area contributed by atoms with Gasteiger partial charge in [0.25, 0.3) is 5.69 Å². The topological polar surface area (TPSA) is 69.4 Å². The van der Waals surface area contributed by atoms with Crippen molar-refractivity contribution in [3.05, 3.63) is 34.4 Å². The summed E-state index contributed by atoms with van der Waals surface area (Å²) in [6, 6.07) is 5.03. The molecular formula is C7H4BNO4. The number of nitrogens with zero attached hydrogens (tertiary/aromatic N) is 1. The van der Waals surface area contributed by atoms with Crippen LogP contribution in [0.5, 0.6) is 5.75 Å². The molecule has 0 N–H and O–H groups in total. The van der Waals surface area contributed by atoms with E-state index in [1.807, 2.05) is 0 Å². The maximum Gasteiger partial charge on any atom is 0.269 e. The van der Waals surface area contributed by atoms with Crippen molar-refractivity contribution in [3.63, 3.8) is 0 Å². The van der Waals surface area contributed by atoms with Crippen molar-refractivity contribution in [1.29, 1.82) is 0 Å². The minimum absolute atomic E-state index is 0.0724. The molecule has 0 aromatic heterocycles. The van der Waals surface area contributed by atoms with Crippen LogP contribution in [-0.2, 0) is 0 Å². The highest BCUT2D eigenvalue weighted by Gasteiger charge is 2.04. The number of nitro groups is 1. The van der Waals surface area contributed by atoms with E-state index in [4.69, 9.17) is 7.85 Å². The van der Waals surface area contributed by atoms with Crippen molar-refractivity contribution in [2.75, 3.05) is 0 Å². The van der Waals surface area contributed by atoms with Crippen LogP contribution in [0, 0.1) is 10.1 Å². The van der Waals surface area contributed by atoms with E-state index in [-0.39, 0.29) is 11.4 Å². The molecule has 2 radical (unpaired) electrons. The smallest absolute Gasteiger partial charge is 0.269 e. The summed E-state index contributed by atoms with van der Waals surface area (Å²) < 4.78 is 4.47. The van der Waals surface area contributed by atoms with Crippen LogP contribution >= 0.6 is 0 Å². The van der Waals surface area contributed by atoms with Crippen LogP contribution in [0.2, 0.25) is 0 Å².